The Morgan fingerprint density at radius 1 is 0.906 bits per heavy atom. The van der Waals surface area contributed by atoms with Gasteiger partial charge in [0.15, 0.2) is 11.6 Å². The number of rotatable bonds is 5. The number of aryl methyl sites for hydroxylation is 1. The van der Waals surface area contributed by atoms with Crippen LogP contribution in [0, 0.1) is 6.92 Å². The van der Waals surface area contributed by atoms with Crippen LogP contribution in [0.3, 0.4) is 0 Å². The minimum Gasteiger partial charge on any atom is -0.339 e. The predicted octanol–water partition coefficient (Wildman–Crippen LogP) is 4.99. The van der Waals surface area contributed by atoms with E-state index in [2.05, 4.69) is 25.9 Å². The van der Waals surface area contributed by atoms with Crippen LogP contribution in [-0.4, -0.2) is 25.9 Å². The van der Waals surface area contributed by atoms with Gasteiger partial charge >= 0.3 is 6.18 Å². The summed E-state index contributed by atoms with van der Waals surface area (Å²) >= 11 is 0. The van der Waals surface area contributed by atoms with E-state index in [0.29, 0.717) is 23.0 Å². The molecule has 162 valence electrons. The van der Waals surface area contributed by atoms with Gasteiger partial charge in [-0.1, -0.05) is 12.1 Å². The van der Waals surface area contributed by atoms with Crippen LogP contribution in [-0.2, 0) is 6.18 Å². The zero-order valence-electron chi connectivity index (χ0n) is 16.8. The number of hydrogen-bond donors (Lipinski definition) is 2. The van der Waals surface area contributed by atoms with Crippen molar-refractivity contribution in [1.82, 2.24) is 20.0 Å². The molecule has 32 heavy (non-hydrogen) atoms. The van der Waals surface area contributed by atoms with E-state index in [1.54, 1.807) is 47.3 Å². The molecule has 0 aliphatic carbocycles. The van der Waals surface area contributed by atoms with E-state index in [-0.39, 0.29) is 0 Å². The maximum absolute atomic E-state index is 13.1. The molecular formula is C22H17F3N6O. The number of aromatic nitrogens is 4. The van der Waals surface area contributed by atoms with E-state index in [1.807, 2.05) is 13.0 Å². The van der Waals surface area contributed by atoms with Gasteiger partial charge in [-0.05, 0) is 61.5 Å². The third-order valence-corrected chi connectivity index (χ3v) is 4.50. The van der Waals surface area contributed by atoms with Crippen LogP contribution in [0.4, 0.5) is 30.4 Å². The van der Waals surface area contributed by atoms with Crippen LogP contribution in [0.15, 0.2) is 72.9 Å². The highest BCUT2D eigenvalue weighted by molar-refractivity contribution is 6.05. The molecule has 7 nitrogen and oxygen atoms in total. The first-order chi connectivity index (χ1) is 15.3. The van der Waals surface area contributed by atoms with E-state index in [0.717, 1.165) is 17.8 Å². The smallest absolute Gasteiger partial charge is 0.339 e. The molecule has 4 aromatic rings. The maximum Gasteiger partial charge on any atom is 0.417 e. The Kier molecular flexibility index (Phi) is 5.59. The molecule has 0 fully saturated rings. The van der Waals surface area contributed by atoms with Crippen LogP contribution in [0.2, 0.25) is 0 Å². The van der Waals surface area contributed by atoms with Crippen molar-refractivity contribution in [2.24, 2.45) is 0 Å². The number of nitrogens with one attached hydrogen (secondary N) is 2. The molecule has 2 aromatic heterocycles. The number of hydrogen-bond acceptors (Lipinski definition) is 5. The molecule has 0 atom stereocenters. The van der Waals surface area contributed by atoms with Crippen molar-refractivity contribution in [1.29, 1.82) is 0 Å². The second kappa shape index (κ2) is 8.50. The molecule has 0 saturated heterocycles. The second-order valence-corrected chi connectivity index (χ2v) is 6.88. The third kappa shape index (κ3) is 4.75. The van der Waals surface area contributed by atoms with Gasteiger partial charge in [0.2, 0.25) is 0 Å². The molecule has 0 unspecified atom stereocenters. The Bertz CT molecular complexity index is 1230. The summed E-state index contributed by atoms with van der Waals surface area (Å²) in [4.78, 5) is 12.4. The minimum atomic E-state index is -4.62. The monoisotopic (exact) mass is 438 g/mol. The molecular weight excluding hydrogens is 421 g/mol. The maximum atomic E-state index is 13.1. The van der Waals surface area contributed by atoms with Gasteiger partial charge in [-0.25, -0.2) is 4.68 Å². The fraction of sp³-hybridized carbons (Fsp3) is 0.0909. The fourth-order valence-corrected chi connectivity index (χ4v) is 2.97. The van der Waals surface area contributed by atoms with Crippen LogP contribution in [0.25, 0.3) is 5.82 Å². The molecule has 0 aliphatic heterocycles. The molecule has 10 heteroatoms. The first-order valence-electron chi connectivity index (χ1n) is 9.51. The van der Waals surface area contributed by atoms with Crippen LogP contribution in [0.1, 0.15) is 21.6 Å². The Balaban J connectivity index is 1.42. The van der Waals surface area contributed by atoms with Gasteiger partial charge in [0.25, 0.3) is 5.91 Å². The summed E-state index contributed by atoms with van der Waals surface area (Å²) in [6, 6.07) is 16.5. The van der Waals surface area contributed by atoms with Crippen molar-refractivity contribution in [2.45, 2.75) is 13.1 Å². The van der Waals surface area contributed by atoms with Crippen molar-refractivity contribution in [3.8, 4) is 5.82 Å². The van der Waals surface area contributed by atoms with Crippen molar-refractivity contribution in [3.63, 3.8) is 0 Å². The van der Waals surface area contributed by atoms with Gasteiger partial charge in [-0.15, -0.1) is 10.2 Å². The number of nitrogens with zero attached hydrogens (tertiary/aromatic N) is 4. The average molecular weight is 438 g/mol. The number of halogens is 3. The SMILES string of the molecule is Cc1ccn(-c2ccc(Nc3ccc(NC(=O)c4ccccc4C(F)(F)F)cc3)nn2)n1. The number of benzene rings is 2. The van der Waals surface area contributed by atoms with Crippen molar-refractivity contribution in [3.05, 3.63) is 89.7 Å². The van der Waals surface area contributed by atoms with Gasteiger partial charge in [0.05, 0.1) is 16.8 Å². The summed E-state index contributed by atoms with van der Waals surface area (Å²) in [7, 11) is 0. The summed E-state index contributed by atoms with van der Waals surface area (Å²) in [5.74, 6) is 0.225. The molecule has 0 aliphatic rings. The van der Waals surface area contributed by atoms with Gasteiger partial charge in [-0.2, -0.15) is 18.3 Å². The largest absolute Gasteiger partial charge is 0.417 e. The average Bonchev–Trinajstić information content (AvgIpc) is 3.21. The Hall–Kier alpha value is -4.21. The van der Waals surface area contributed by atoms with Gasteiger partial charge in [-0.3, -0.25) is 4.79 Å². The normalized spacial score (nSPS) is 11.2. The Morgan fingerprint density at radius 3 is 2.25 bits per heavy atom. The summed E-state index contributed by atoms with van der Waals surface area (Å²) in [5.41, 5.74) is 0.458. The van der Waals surface area contributed by atoms with Crippen LogP contribution >= 0.6 is 0 Å². The zero-order valence-corrected chi connectivity index (χ0v) is 16.8. The summed E-state index contributed by atoms with van der Waals surface area (Å²) in [5, 5.41) is 18.0. The standard InChI is InChI=1S/C22H17F3N6O/c1-14-12-13-31(30-14)20-11-10-19(28-29-20)26-15-6-8-16(9-7-15)27-21(32)17-4-2-3-5-18(17)22(23,24)25/h2-13H,1H3,(H,26,28)(H,27,32). The number of carbonyl (C=O) groups is 1. The number of carbonyl (C=O) groups excluding carboxylic acids is 1. The number of alkyl halides is 3. The van der Waals surface area contributed by atoms with E-state index >= 15 is 0 Å². The first kappa shape index (κ1) is 21.0. The van der Waals surface area contributed by atoms with E-state index in [1.165, 1.54) is 12.1 Å². The molecule has 1 amide bonds. The lowest BCUT2D eigenvalue weighted by molar-refractivity contribution is -0.137. The van der Waals surface area contributed by atoms with Crippen molar-refractivity contribution >= 4 is 23.1 Å². The molecule has 2 heterocycles. The Morgan fingerprint density at radius 2 is 1.62 bits per heavy atom. The lowest BCUT2D eigenvalue weighted by Gasteiger charge is -2.13. The zero-order chi connectivity index (χ0) is 22.7. The van der Waals surface area contributed by atoms with Crippen molar-refractivity contribution < 1.29 is 18.0 Å². The number of anilines is 3. The number of amides is 1. The van der Waals surface area contributed by atoms with Crippen LogP contribution in [0.5, 0.6) is 0 Å². The van der Waals surface area contributed by atoms with E-state index in [9.17, 15) is 18.0 Å². The second-order valence-electron chi connectivity index (χ2n) is 6.88. The van der Waals surface area contributed by atoms with Crippen LogP contribution < -0.4 is 10.6 Å². The van der Waals surface area contributed by atoms with Gasteiger partial charge < -0.3 is 10.6 Å². The molecule has 0 bridgehead atoms. The lowest BCUT2D eigenvalue weighted by Crippen LogP contribution is -2.18. The van der Waals surface area contributed by atoms with E-state index in [4.69, 9.17) is 0 Å². The summed E-state index contributed by atoms with van der Waals surface area (Å²) < 4.78 is 41.0. The summed E-state index contributed by atoms with van der Waals surface area (Å²) in [6.07, 6.45) is -2.83. The third-order valence-electron chi connectivity index (χ3n) is 4.50. The molecule has 0 radical (unpaired) electrons. The molecule has 4 rings (SSSR count). The first-order valence-corrected chi connectivity index (χ1v) is 9.51. The molecule has 2 aromatic carbocycles. The highest BCUT2D eigenvalue weighted by atomic mass is 19.4. The lowest BCUT2D eigenvalue weighted by atomic mass is 10.1. The quantitative estimate of drug-likeness (QED) is 0.459. The highest BCUT2D eigenvalue weighted by Gasteiger charge is 2.34. The van der Waals surface area contributed by atoms with Gasteiger partial charge in [0.1, 0.15) is 0 Å². The predicted molar refractivity (Wildman–Crippen MR) is 113 cm³/mol. The topological polar surface area (TPSA) is 84.7 Å². The Labute approximate surface area is 180 Å². The minimum absolute atomic E-state index is 0.355. The summed E-state index contributed by atoms with van der Waals surface area (Å²) in [6.45, 7) is 1.88. The van der Waals surface area contributed by atoms with Gasteiger partial charge in [0, 0.05) is 17.6 Å². The van der Waals surface area contributed by atoms with Crippen molar-refractivity contribution in [2.75, 3.05) is 10.6 Å². The molecule has 0 saturated carbocycles. The highest BCUT2D eigenvalue weighted by Crippen LogP contribution is 2.32. The fourth-order valence-electron chi connectivity index (χ4n) is 2.97. The molecule has 2 N–H and O–H groups in total. The van der Waals surface area contributed by atoms with E-state index < -0.39 is 23.2 Å². The molecule has 0 spiro atoms.